The van der Waals surface area contributed by atoms with Crippen LogP contribution in [0.1, 0.15) is 27.7 Å². The molecule has 152 valence electrons. The van der Waals surface area contributed by atoms with Gasteiger partial charge < -0.3 is 4.90 Å². The second-order valence-electron chi connectivity index (χ2n) is 6.40. The van der Waals surface area contributed by atoms with Crippen LogP contribution in [-0.2, 0) is 14.8 Å². The summed E-state index contributed by atoms with van der Waals surface area (Å²) in [6, 6.07) is 12.8. The number of thioether (sulfide) groups is 1. The Morgan fingerprint density at radius 3 is 2.21 bits per heavy atom. The zero-order valence-corrected chi connectivity index (χ0v) is 18.3. The molecule has 2 rings (SSSR count). The van der Waals surface area contributed by atoms with E-state index in [2.05, 4.69) is 4.98 Å². The molecule has 0 unspecified atom stereocenters. The number of pyridine rings is 1. The number of hydrogen-bond acceptors (Lipinski definition) is 5. The third kappa shape index (κ3) is 5.33. The molecule has 0 fully saturated rings. The third-order valence-electron chi connectivity index (χ3n) is 4.22. The first-order chi connectivity index (χ1) is 13.3. The molecule has 0 aliphatic rings. The molecule has 0 aliphatic carbocycles. The fraction of sp³-hybridized carbons (Fsp3) is 0.400. The normalized spacial score (nSPS) is 11.8. The molecule has 8 heteroatoms. The van der Waals surface area contributed by atoms with Crippen molar-refractivity contribution in [2.75, 3.05) is 23.7 Å². The van der Waals surface area contributed by atoms with E-state index in [-0.39, 0.29) is 22.6 Å². The van der Waals surface area contributed by atoms with Crippen molar-refractivity contribution < 1.29 is 13.2 Å². The highest BCUT2D eigenvalue weighted by molar-refractivity contribution is 7.99. The van der Waals surface area contributed by atoms with E-state index in [1.165, 1.54) is 22.3 Å². The predicted octanol–water partition coefficient (Wildman–Crippen LogP) is 3.65. The molecule has 0 saturated carbocycles. The van der Waals surface area contributed by atoms with Crippen LogP contribution >= 0.6 is 11.8 Å². The first kappa shape index (κ1) is 22.4. The number of amides is 1. The number of carbonyl (C=O) groups is 1. The van der Waals surface area contributed by atoms with Crippen molar-refractivity contribution in [3.05, 3.63) is 48.7 Å². The van der Waals surface area contributed by atoms with Crippen molar-refractivity contribution in [2.24, 2.45) is 0 Å². The molecule has 28 heavy (non-hydrogen) atoms. The molecule has 0 N–H and O–H groups in total. The average Bonchev–Trinajstić information content (AvgIpc) is 2.68. The third-order valence-corrected chi connectivity index (χ3v) is 7.18. The Kier molecular flexibility index (Phi) is 8.03. The lowest BCUT2D eigenvalue weighted by Crippen LogP contribution is -2.38. The summed E-state index contributed by atoms with van der Waals surface area (Å²) in [5.74, 6) is 0.204. The maximum atomic E-state index is 12.7. The summed E-state index contributed by atoms with van der Waals surface area (Å²) in [6.45, 7) is 8.37. The van der Waals surface area contributed by atoms with Crippen LogP contribution in [0.4, 0.5) is 5.69 Å². The van der Waals surface area contributed by atoms with Crippen molar-refractivity contribution in [1.29, 1.82) is 0 Å². The molecule has 0 atom stereocenters. The van der Waals surface area contributed by atoms with Crippen molar-refractivity contribution in [3.8, 4) is 0 Å². The van der Waals surface area contributed by atoms with Gasteiger partial charge in [-0.1, -0.05) is 43.8 Å². The van der Waals surface area contributed by atoms with Gasteiger partial charge in [-0.25, -0.2) is 13.4 Å². The number of para-hydroxylation sites is 1. The van der Waals surface area contributed by atoms with Crippen molar-refractivity contribution in [3.63, 3.8) is 0 Å². The van der Waals surface area contributed by atoms with Crippen LogP contribution in [0.15, 0.2) is 58.6 Å². The molecule has 1 amide bonds. The van der Waals surface area contributed by atoms with Gasteiger partial charge in [-0.2, -0.15) is 4.31 Å². The van der Waals surface area contributed by atoms with Gasteiger partial charge in [-0.3, -0.25) is 4.79 Å². The van der Waals surface area contributed by atoms with Gasteiger partial charge in [0.1, 0.15) is 4.90 Å². The lowest BCUT2D eigenvalue weighted by molar-refractivity contribution is -0.116. The highest BCUT2D eigenvalue weighted by atomic mass is 32.2. The summed E-state index contributed by atoms with van der Waals surface area (Å²) in [5, 5.41) is 0.614. The lowest BCUT2D eigenvalue weighted by Gasteiger charge is -2.26. The summed E-state index contributed by atoms with van der Waals surface area (Å²) in [6.07, 6.45) is 1.36. The number of nitrogens with zero attached hydrogens (tertiary/aromatic N) is 3. The zero-order chi connectivity index (χ0) is 20.7. The van der Waals surface area contributed by atoms with Gasteiger partial charge in [0, 0.05) is 31.0 Å². The van der Waals surface area contributed by atoms with E-state index in [4.69, 9.17) is 0 Å². The number of carbonyl (C=O) groups excluding carboxylic acids is 1. The van der Waals surface area contributed by atoms with Crippen molar-refractivity contribution in [2.45, 2.75) is 43.7 Å². The van der Waals surface area contributed by atoms with Crippen LogP contribution in [0.3, 0.4) is 0 Å². The minimum absolute atomic E-state index is 0.0205. The molecule has 0 spiro atoms. The molecule has 0 bridgehead atoms. The fourth-order valence-electron chi connectivity index (χ4n) is 2.84. The molecule has 1 heterocycles. The van der Waals surface area contributed by atoms with E-state index in [9.17, 15) is 13.2 Å². The molecule has 1 aromatic heterocycles. The Balaban J connectivity index is 2.07. The number of benzene rings is 1. The van der Waals surface area contributed by atoms with Crippen molar-refractivity contribution >= 4 is 33.4 Å². The van der Waals surface area contributed by atoms with E-state index in [1.807, 2.05) is 44.2 Å². The Morgan fingerprint density at radius 1 is 1.07 bits per heavy atom. The summed E-state index contributed by atoms with van der Waals surface area (Å²) in [5.41, 5.74) is 0.858. The van der Waals surface area contributed by atoms with E-state index in [0.717, 1.165) is 5.69 Å². The van der Waals surface area contributed by atoms with E-state index >= 15 is 0 Å². The first-order valence-electron chi connectivity index (χ1n) is 9.27. The summed E-state index contributed by atoms with van der Waals surface area (Å²) >= 11 is 1.30. The van der Waals surface area contributed by atoms with Gasteiger partial charge in [0.15, 0.2) is 0 Å². The quantitative estimate of drug-likeness (QED) is 0.578. The van der Waals surface area contributed by atoms with E-state index in [0.29, 0.717) is 18.1 Å². The van der Waals surface area contributed by atoms with Crippen LogP contribution in [0.25, 0.3) is 0 Å². The molecular weight excluding hydrogens is 394 g/mol. The molecular formula is C20H27N3O3S2. The zero-order valence-electron chi connectivity index (χ0n) is 16.7. The summed E-state index contributed by atoms with van der Waals surface area (Å²) in [4.78, 5) is 18.9. The fourth-order valence-corrected chi connectivity index (χ4v) is 4.95. The minimum Gasteiger partial charge on any atom is -0.309 e. The molecule has 0 saturated heterocycles. The van der Waals surface area contributed by atoms with Crippen LogP contribution in [0, 0.1) is 0 Å². The molecule has 2 aromatic rings. The van der Waals surface area contributed by atoms with Gasteiger partial charge in [-0.05, 0) is 38.1 Å². The van der Waals surface area contributed by atoms with Gasteiger partial charge in [0.2, 0.25) is 15.9 Å². The maximum absolute atomic E-state index is 12.7. The van der Waals surface area contributed by atoms with E-state index in [1.54, 1.807) is 30.9 Å². The van der Waals surface area contributed by atoms with Gasteiger partial charge >= 0.3 is 0 Å². The second-order valence-corrected chi connectivity index (χ2v) is 9.34. The molecule has 1 aromatic carbocycles. The number of sulfonamides is 1. The largest absolute Gasteiger partial charge is 0.309 e. The van der Waals surface area contributed by atoms with Gasteiger partial charge in [-0.15, -0.1) is 0 Å². The van der Waals surface area contributed by atoms with Crippen LogP contribution in [-0.4, -0.2) is 48.5 Å². The maximum Gasteiger partial charge on any atom is 0.244 e. The monoisotopic (exact) mass is 421 g/mol. The van der Waals surface area contributed by atoms with Crippen LogP contribution < -0.4 is 4.90 Å². The second kappa shape index (κ2) is 10.0. The first-order valence-corrected chi connectivity index (χ1v) is 11.7. The highest BCUT2D eigenvalue weighted by Gasteiger charge is 2.22. The Bertz CT molecular complexity index is 865. The number of hydrogen-bond donors (Lipinski definition) is 0. The molecule has 0 aliphatic heterocycles. The van der Waals surface area contributed by atoms with Crippen LogP contribution in [0.5, 0.6) is 0 Å². The molecule has 6 nitrogen and oxygen atoms in total. The smallest absolute Gasteiger partial charge is 0.244 e. The lowest BCUT2D eigenvalue weighted by atomic mass is 10.2. The molecule has 0 radical (unpaired) electrons. The average molecular weight is 422 g/mol. The highest BCUT2D eigenvalue weighted by Crippen LogP contribution is 2.22. The number of anilines is 1. The standard InChI is InChI=1S/C20H27N3O3S2/c1-5-22(6-2)28(25,26)18-12-13-19(21-14-18)27-15-20(24)23(16(3)4)17-10-8-7-9-11-17/h7-14,16H,5-6,15H2,1-4H3. The Hall–Kier alpha value is -1.90. The topological polar surface area (TPSA) is 70.6 Å². The summed E-state index contributed by atoms with van der Waals surface area (Å²) < 4.78 is 26.4. The Morgan fingerprint density at radius 2 is 1.71 bits per heavy atom. The summed E-state index contributed by atoms with van der Waals surface area (Å²) in [7, 11) is -3.52. The van der Waals surface area contributed by atoms with E-state index < -0.39 is 10.0 Å². The van der Waals surface area contributed by atoms with Crippen molar-refractivity contribution in [1.82, 2.24) is 9.29 Å². The van der Waals surface area contributed by atoms with Crippen LogP contribution in [0.2, 0.25) is 0 Å². The van der Waals surface area contributed by atoms with Gasteiger partial charge in [0.25, 0.3) is 0 Å². The predicted molar refractivity (Wildman–Crippen MR) is 114 cm³/mol. The van der Waals surface area contributed by atoms with Gasteiger partial charge in [0.05, 0.1) is 10.8 Å². The SMILES string of the molecule is CCN(CC)S(=O)(=O)c1ccc(SCC(=O)N(c2ccccc2)C(C)C)nc1. The number of aromatic nitrogens is 1. The minimum atomic E-state index is -3.52. The Labute approximate surface area is 172 Å². The number of rotatable bonds is 9.